The average Bonchev–Trinajstić information content (AvgIpc) is 2.66. The van der Waals surface area contributed by atoms with E-state index in [4.69, 9.17) is 0 Å². The van der Waals surface area contributed by atoms with Crippen molar-refractivity contribution in [3.8, 4) is 11.8 Å². The molecule has 0 fully saturated rings. The number of hydrogen-bond donors (Lipinski definition) is 0. The molecule has 0 aliphatic carbocycles. The van der Waals surface area contributed by atoms with Gasteiger partial charge in [0, 0.05) is 0 Å². The summed E-state index contributed by atoms with van der Waals surface area (Å²) < 4.78 is 0. The van der Waals surface area contributed by atoms with Crippen molar-refractivity contribution in [1.82, 2.24) is 4.90 Å². The fraction of sp³-hybridized carbons (Fsp3) is 0.391. The predicted octanol–water partition coefficient (Wildman–Crippen LogP) is 5.12. The summed E-state index contributed by atoms with van der Waals surface area (Å²) in [7, 11) is 0. The SMILES string of the molecule is CCCC(C#CCN(CC)CC)(c1ccccc1)c1ccccc1. The molecule has 0 bridgehead atoms. The summed E-state index contributed by atoms with van der Waals surface area (Å²) >= 11 is 0. The molecule has 0 aliphatic heterocycles. The lowest BCUT2D eigenvalue weighted by atomic mass is 9.72. The molecule has 0 spiro atoms. The van der Waals surface area contributed by atoms with Crippen molar-refractivity contribution in [1.29, 1.82) is 0 Å². The van der Waals surface area contributed by atoms with Gasteiger partial charge in [0.2, 0.25) is 0 Å². The summed E-state index contributed by atoms with van der Waals surface area (Å²) in [5.74, 6) is 7.16. The summed E-state index contributed by atoms with van der Waals surface area (Å²) in [4.78, 5) is 2.36. The first-order valence-electron chi connectivity index (χ1n) is 9.10. The monoisotopic (exact) mass is 319 g/mol. The minimum absolute atomic E-state index is 0.218. The van der Waals surface area contributed by atoms with E-state index in [0.717, 1.165) is 32.5 Å². The van der Waals surface area contributed by atoms with Gasteiger partial charge in [-0.2, -0.15) is 0 Å². The molecule has 0 saturated heterocycles. The van der Waals surface area contributed by atoms with E-state index in [1.807, 2.05) is 0 Å². The molecule has 0 N–H and O–H groups in total. The van der Waals surface area contributed by atoms with Crippen LogP contribution >= 0.6 is 0 Å². The Morgan fingerprint density at radius 1 is 0.792 bits per heavy atom. The van der Waals surface area contributed by atoms with E-state index >= 15 is 0 Å². The second kappa shape index (κ2) is 9.30. The van der Waals surface area contributed by atoms with Crippen LogP contribution in [-0.2, 0) is 5.41 Å². The van der Waals surface area contributed by atoms with Gasteiger partial charge in [-0.15, -0.1) is 0 Å². The maximum Gasteiger partial charge on any atom is 0.0812 e. The average molecular weight is 319 g/mol. The van der Waals surface area contributed by atoms with E-state index in [0.29, 0.717) is 0 Å². The minimum Gasteiger partial charge on any atom is -0.293 e. The van der Waals surface area contributed by atoms with E-state index < -0.39 is 0 Å². The Morgan fingerprint density at radius 3 is 1.71 bits per heavy atom. The van der Waals surface area contributed by atoms with Gasteiger partial charge in [0.1, 0.15) is 0 Å². The molecule has 0 aliphatic rings. The van der Waals surface area contributed by atoms with Crippen LogP contribution < -0.4 is 0 Å². The molecule has 0 saturated carbocycles. The summed E-state index contributed by atoms with van der Waals surface area (Å²) in [6.45, 7) is 9.55. The van der Waals surface area contributed by atoms with Gasteiger partial charge in [0.25, 0.3) is 0 Å². The second-order valence-corrected chi connectivity index (χ2v) is 6.15. The van der Waals surface area contributed by atoms with E-state index in [-0.39, 0.29) is 5.41 Å². The molecule has 0 atom stereocenters. The van der Waals surface area contributed by atoms with Gasteiger partial charge in [-0.25, -0.2) is 0 Å². The number of benzene rings is 2. The Labute approximate surface area is 147 Å². The molecule has 0 amide bonds. The summed E-state index contributed by atoms with van der Waals surface area (Å²) in [6, 6.07) is 21.5. The van der Waals surface area contributed by atoms with Crippen LogP contribution in [0.25, 0.3) is 0 Å². The third-order valence-electron chi connectivity index (χ3n) is 4.66. The fourth-order valence-corrected chi connectivity index (χ4v) is 3.23. The van der Waals surface area contributed by atoms with Gasteiger partial charge in [-0.3, -0.25) is 4.90 Å². The van der Waals surface area contributed by atoms with Crippen molar-refractivity contribution < 1.29 is 0 Å². The van der Waals surface area contributed by atoms with Gasteiger partial charge in [-0.1, -0.05) is 99.7 Å². The van der Waals surface area contributed by atoms with Crippen molar-refractivity contribution in [2.45, 2.75) is 39.0 Å². The molecule has 0 aromatic heterocycles. The highest BCUT2D eigenvalue weighted by Gasteiger charge is 2.31. The molecule has 0 radical (unpaired) electrons. The Balaban J connectivity index is 2.49. The van der Waals surface area contributed by atoms with Crippen LogP contribution in [0.4, 0.5) is 0 Å². The molecule has 1 heteroatoms. The highest BCUT2D eigenvalue weighted by Crippen LogP contribution is 2.36. The first kappa shape index (κ1) is 18.3. The Kier molecular flexibility index (Phi) is 7.09. The van der Waals surface area contributed by atoms with E-state index in [1.165, 1.54) is 11.1 Å². The van der Waals surface area contributed by atoms with Crippen LogP contribution in [-0.4, -0.2) is 24.5 Å². The standard InChI is InChI=1S/C23H29N/c1-4-18-23(21-14-9-7-10-15-21,22-16-11-8-12-17-22)19-13-20-24(5-2)6-3/h7-12,14-17H,4-6,18,20H2,1-3H3. The zero-order chi connectivity index (χ0) is 17.3. The third-order valence-corrected chi connectivity index (χ3v) is 4.66. The molecule has 0 heterocycles. The maximum atomic E-state index is 3.67. The molecular formula is C23H29N. The molecule has 0 unspecified atom stereocenters. The topological polar surface area (TPSA) is 3.24 Å². The predicted molar refractivity (Wildman–Crippen MR) is 104 cm³/mol. The lowest BCUT2D eigenvalue weighted by Crippen LogP contribution is -2.27. The van der Waals surface area contributed by atoms with Gasteiger partial charge >= 0.3 is 0 Å². The van der Waals surface area contributed by atoms with Crippen LogP contribution in [0.2, 0.25) is 0 Å². The number of hydrogen-bond acceptors (Lipinski definition) is 1. The molecule has 2 rings (SSSR count). The lowest BCUT2D eigenvalue weighted by molar-refractivity contribution is 0.342. The van der Waals surface area contributed by atoms with Crippen LogP contribution in [0.1, 0.15) is 44.7 Å². The number of rotatable bonds is 7. The highest BCUT2D eigenvalue weighted by molar-refractivity contribution is 5.48. The van der Waals surface area contributed by atoms with Crippen LogP contribution in [0.5, 0.6) is 0 Å². The van der Waals surface area contributed by atoms with E-state index in [9.17, 15) is 0 Å². The zero-order valence-corrected chi connectivity index (χ0v) is 15.3. The van der Waals surface area contributed by atoms with Crippen molar-refractivity contribution in [3.63, 3.8) is 0 Å². The molecule has 126 valence electrons. The van der Waals surface area contributed by atoms with Crippen molar-refractivity contribution in [2.24, 2.45) is 0 Å². The largest absolute Gasteiger partial charge is 0.293 e. The normalized spacial score (nSPS) is 11.2. The Hall–Kier alpha value is -2.04. The van der Waals surface area contributed by atoms with Crippen molar-refractivity contribution in [2.75, 3.05) is 19.6 Å². The molecule has 2 aromatic rings. The maximum absolute atomic E-state index is 3.67. The summed E-state index contributed by atoms with van der Waals surface area (Å²) in [6.07, 6.45) is 2.13. The first-order chi connectivity index (χ1) is 11.8. The van der Waals surface area contributed by atoms with E-state index in [1.54, 1.807) is 0 Å². The van der Waals surface area contributed by atoms with Gasteiger partial charge in [0.15, 0.2) is 0 Å². The first-order valence-corrected chi connectivity index (χ1v) is 9.10. The van der Waals surface area contributed by atoms with Crippen LogP contribution in [0, 0.1) is 11.8 Å². The van der Waals surface area contributed by atoms with Crippen molar-refractivity contribution in [3.05, 3.63) is 71.8 Å². The van der Waals surface area contributed by atoms with Gasteiger partial charge in [-0.05, 0) is 30.6 Å². The fourth-order valence-electron chi connectivity index (χ4n) is 3.23. The number of nitrogens with zero attached hydrogens (tertiary/aromatic N) is 1. The highest BCUT2D eigenvalue weighted by atomic mass is 15.1. The van der Waals surface area contributed by atoms with Crippen LogP contribution in [0.15, 0.2) is 60.7 Å². The molecule has 2 aromatic carbocycles. The van der Waals surface area contributed by atoms with Crippen LogP contribution in [0.3, 0.4) is 0 Å². The Morgan fingerprint density at radius 2 is 1.29 bits per heavy atom. The molecule has 24 heavy (non-hydrogen) atoms. The smallest absolute Gasteiger partial charge is 0.0812 e. The zero-order valence-electron chi connectivity index (χ0n) is 15.3. The minimum atomic E-state index is -0.218. The molecular weight excluding hydrogens is 290 g/mol. The summed E-state index contributed by atoms with van der Waals surface area (Å²) in [5, 5.41) is 0. The van der Waals surface area contributed by atoms with E-state index in [2.05, 4.69) is 98.2 Å². The van der Waals surface area contributed by atoms with Gasteiger partial charge in [0.05, 0.1) is 12.0 Å². The Bertz CT molecular complexity index is 605. The van der Waals surface area contributed by atoms with Gasteiger partial charge < -0.3 is 0 Å². The third kappa shape index (κ3) is 4.28. The lowest BCUT2D eigenvalue weighted by Gasteiger charge is -2.30. The molecule has 1 nitrogen and oxygen atoms in total. The quantitative estimate of drug-likeness (QED) is 0.640. The second-order valence-electron chi connectivity index (χ2n) is 6.15. The summed E-state index contributed by atoms with van der Waals surface area (Å²) in [5.41, 5.74) is 2.37. The van der Waals surface area contributed by atoms with Crippen molar-refractivity contribution >= 4 is 0 Å².